The van der Waals surface area contributed by atoms with E-state index in [1.807, 2.05) is 11.8 Å². The van der Waals surface area contributed by atoms with Crippen LogP contribution in [0.3, 0.4) is 0 Å². The third-order valence-corrected chi connectivity index (χ3v) is 5.54. The Kier molecular flexibility index (Phi) is 6.84. The predicted molar refractivity (Wildman–Crippen MR) is 99.3 cm³/mol. The highest BCUT2D eigenvalue weighted by Crippen LogP contribution is 2.24. The number of methoxy groups -OCH3 is 1. The number of hydrogen-bond acceptors (Lipinski definition) is 6. The zero-order valence-corrected chi connectivity index (χ0v) is 16.3. The van der Waals surface area contributed by atoms with Gasteiger partial charge < -0.3 is 19.5 Å². The predicted octanol–water partition coefficient (Wildman–Crippen LogP) is 1.06. The molecule has 2 saturated heterocycles. The quantitative estimate of drug-likeness (QED) is 0.745. The lowest BCUT2D eigenvalue weighted by atomic mass is 9.93. The molecule has 150 valence electrons. The van der Waals surface area contributed by atoms with E-state index in [9.17, 15) is 9.59 Å². The molecule has 0 aromatic carbocycles. The number of carbonyl (C=O) groups excluding carboxylic acids is 2. The van der Waals surface area contributed by atoms with Crippen LogP contribution in [0.5, 0.6) is 0 Å². The molecule has 1 aromatic heterocycles. The number of ether oxygens (including phenoxy) is 1. The zero-order valence-electron chi connectivity index (χ0n) is 16.3. The van der Waals surface area contributed by atoms with Crippen molar-refractivity contribution in [1.29, 1.82) is 0 Å². The Morgan fingerprint density at radius 3 is 2.74 bits per heavy atom. The lowest BCUT2D eigenvalue weighted by Gasteiger charge is -2.41. The van der Waals surface area contributed by atoms with Crippen LogP contribution in [-0.4, -0.2) is 79.3 Å². The minimum atomic E-state index is -0.0805. The Hall–Kier alpha value is -1.93. The average molecular weight is 378 g/mol. The zero-order chi connectivity index (χ0) is 19.2. The Morgan fingerprint density at radius 1 is 1.30 bits per heavy atom. The van der Waals surface area contributed by atoms with Gasteiger partial charge in [-0.05, 0) is 39.2 Å². The third-order valence-electron chi connectivity index (χ3n) is 5.54. The average Bonchev–Trinajstić information content (AvgIpc) is 3.14. The minimum Gasteiger partial charge on any atom is -0.383 e. The van der Waals surface area contributed by atoms with Crippen LogP contribution in [-0.2, 0) is 9.53 Å². The second-order valence-corrected chi connectivity index (χ2v) is 7.47. The first-order valence-corrected chi connectivity index (χ1v) is 9.81. The van der Waals surface area contributed by atoms with Crippen LogP contribution >= 0.6 is 0 Å². The first-order chi connectivity index (χ1) is 13.1. The number of hydrogen-bond donors (Lipinski definition) is 1. The van der Waals surface area contributed by atoms with Gasteiger partial charge in [-0.2, -0.15) is 0 Å². The molecular formula is C19H30N4O4. The van der Waals surface area contributed by atoms with E-state index in [1.165, 1.54) is 0 Å². The van der Waals surface area contributed by atoms with Gasteiger partial charge >= 0.3 is 0 Å². The number of nitrogens with zero attached hydrogens (tertiary/aromatic N) is 3. The van der Waals surface area contributed by atoms with Gasteiger partial charge in [-0.1, -0.05) is 5.16 Å². The van der Waals surface area contributed by atoms with Crippen LogP contribution in [0, 0.1) is 12.8 Å². The fourth-order valence-electron chi connectivity index (χ4n) is 4.03. The van der Waals surface area contributed by atoms with Gasteiger partial charge in [0.2, 0.25) is 11.7 Å². The topological polar surface area (TPSA) is 87.9 Å². The van der Waals surface area contributed by atoms with Crippen molar-refractivity contribution in [3.05, 3.63) is 17.5 Å². The van der Waals surface area contributed by atoms with Gasteiger partial charge in [0.05, 0.1) is 18.2 Å². The molecule has 1 N–H and O–H groups in total. The highest BCUT2D eigenvalue weighted by atomic mass is 16.5. The maximum absolute atomic E-state index is 12.5. The van der Waals surface area contributed by atoms with E-state index in [-0.39, 0.29) is 17.7 Å². The molecule has 3 rings (SSSR count). The summed E-state index contributed by atoms with van der Waals surface area (Å²) in [5, 5.41) is 6.76. The first kappa shape index (κ1) is 19.8. The standard InChI is InChI=1S/C19H30N4O4/c1-14-12-17(27-21-14)19(25)22-9-5-16(6-10-22)23-8-3-4-15(13-23)18(24)20-7-11-26-2/h12,15-16H,3-11,13H2,1-2H3,(H,20,24)/t15-/m0/s1. The smallest absolute Gasteiger partial charge is 0.292 e. The van der Waals surface area contributed by atoms with Gasteiger partial charge in [-0.3, -0.25) is 14.5 Å². The number of aromatic nitrogens is 1. The number of aryl methyl sites for hydroxylation is 1. The van der Waals surface area contributed by atoms with Gasteiger partial charge in [0.25, 0.3) is 5.91 Å². The molecule has 2 amide bonds. The molecule has 0 unspecified atom stereocenters. The molecule has 0 aliphatic carbocycles. The summed E-state index contributed by atoms with van der Waals surface area (Å²) < 4.78 is 10.1. The number of nitrogens with one attached hydrogen (secondary N) is 1. The molecule has 1 atom stereocenters. The summed E-state index contributed by atoms with van der Waals surface area (Å²) >= 11 is 0. The highest BCUT2D eigenvalue weighted by Gasteiger charge is 2.33. The van der Waals surface area contributed by atoms with E-state index >= 15 is 0 Å². The summed E-state index contributed by atoms with van der Waals surface area (Å²) in [4.78, 5) is 29.1. The summed E-state index contributed by atoms with van der Waals surface area (Å²) in [7, 11) is 1.63. The van der Waals surface area contributed by atoms with E-state index in [4.69, 9.17) is 9.26 Å². The molecule has 1 aromatic rings. The molecule has 0 spiro atoms. The molecule has 8 heteroatoms. The van der Waals surface area contributed by atoms with Crippen LogP contribution in [0.25, 0.3) is 0 Å². The second kappa shape index (κ2) is 9.32. The van der Waals surface area contributed by atoms with Crippen molar-refractivity contribution in [2.24, 2.45) is 5.92 Å². The third kappa shape index (κ3) is 5.07. The summed E-state index contributed by atoms with van der Waals surface area (Å²) in [6, 6.07) is 2.12. The Bertz CT molecular complexity index is 639. The van der Waals surface area contributed by atoms with Crippen molar-refractivity contribution >= 4 is 11.8 Å². The highest BCUT2D eigenvalue weighted by molar-refractivity contribution is 5.91. The Labute approximate surface area is 160 Å². The summed E-state index contributed by atoms with van der Waals surface area (Å²) in [5.74, 6) is 0.414. The minimum absolute atomic E-state index is 0.0486. The summed E-state index contributed by atoms with van der Waals surface area (Å²) in [5.41, 5.74) is 0.719. The van der Waals surface area contributed by atoms with Crippen molar-refractivity contribution in [3.8, 4) is 0 Å². The van der Waals surface area contributed by atoms with Crippen molar-refractivity contribution in [3.63, 3.8) is 0 Å². The summed E-state index contributed by atoms with van der Waals surface area (Å²) in [6.07, 6.45) is 3.84. The van der Waals surface area contributed by atoms with Gasteiger partial charge in [-0.15, -0.1) is 0 Å². The fourth-order valence-corrected chi connectivity index (χ4v) is 4.03. The number of rotatable bonds is 6. The van der Waals surface area contributed by atoms with Crippen molar-refractivity contribution < 1.29 is 18.8 Å². The number of piperidine rings is 2. The molecule has 0 saturated carbocycles. The normalized spacial score (nSPS) is 22.0. The summed E-state index contributed by atoms with van der Waals surface area (Å²) in [6.45, 7) is 6.17. The molecule has 3 heterocycles. The molecule has 0 bridgehead atoms. The van der Waals surface area contributed by atoms with Gasteiger partial charge in [0.1, 0.15) is 0 Å². The first-order valence-electron chi connectivity index (χ1n) is 9.81. The molecule has 2 aliphatic rings. The van der Waals surface area contributed by atoms with E-state index in [0.29, 0.717) is 38.0 Å². The van der Waals surface area contributed by atoms with E-state index in [2.05, 4.69) is 15.4 Å². The van der Waals surface area contributed by atoms with Crippen LogP contribution in [0.4, 0.5) is 0 Å². The van der Waals surface area contributed by atoms with Crippen LogP contribution < -0.4 is 5.32 Å². The van der Waals surface area contributed by atoms with E-state index < -0.39 is 0 Å². The number of amides is 2. The van der Waals surface area contributed by atoms with Crippen LogP contribution in [0.2, 0.25) is 0 Å². The lowest BCUT2D eigenvalue weighted by molar-refractivity contribution is -0.127. The monoisotopic (exact) mass is 378 g/mol. The lowest BCUT2D eigenvalue weighted by Crippen LogP contribution is -2.51. The fraction of sp³-hybridized carbons (Fsp3) is 0.737. The second-order valence-electron chi connectivity index (χ2n) is 7.47. The van der Waals surface area contributed by atoms with E-state index in [1.54, 1.807) is 13.2 Å². The molecule has 2 aliphatic heterocycles. The van der Waals surface area contributed by atoms with Crippen LogP contribution in [0.1, 0.15) is 41.9 Å². The van der Waals surface area contributed by atoms with E-state index in [0.717, 1.165) is 44.5 Å². The largest absolute Gasteiger partial charge is 0.383 e. The van der Waals surface area contributed by atoms with Crippen LogP contribution in [0.15, 0.2) is 10.6 Å². The molecular weight excluding hydrogens is 348 g/mol. The number of carbonyl (C=O) groups is 2. The maximum Gasteiger partial charge on any atom is 0.292 e. The number of likely N-dealkylation sites (tertiary alicyclic amines) is 2. The van der Waals surface area contributed by atoms with Crippen molar-refractivity contribution in [2.75, 3.05) is 46.4 Å². The Balaban J connectivity index is 1.47. The SMILES string of the molecule is COCCNC(=O)[C@H]1CCCN(C2CCN(C(=O)c3cc(C)no3)CC2)C1. The maximum atomic E-state index is 12.5. The van der Waals surface area contributed by atoms with Gasteiger partial charge in [0, 0.05) is 45.4 Å². The van der Waals surface area contributed by atoms with Crippen molar-refractivity contribution in [1.82, 2.24) is 20.3 Å². The molecule has 27 heavy (non-hydrogen) atoms. The molecule has 2 fully saturated rings. The Morgan fingerprint density at radius 2 is 2.07 bits per heavy atom. The van der Waals surface area contributed by atoms with Gasteiger partial charge in [0.15, 0.2) is 0 Å². The molecule has 8 nitrogen and oxygen atoms in total. The molecule has 0 radical (unpaired) electrons. The van der Waals surface area contributed by atoms with Gasteiger partial charge in [-0.25, -0.2) is 0 Å². The van der Waals surface area contributed by atoms with Crippen molar-refractivity contribution in [2.45, 2.75) is 38.6 Å².